The van der Waals surface area contributed by atoms with Gasteiger partial charge in [-0.15, -0.1) is 0 Å². The quantitative estimate of drug-likeness (QED) is 0.732. The van der Waals surface area contributed by atoms with Gasteiger partial charge < -0.3 is 5.32 Å². The van der Waals surface area contributed by atoms with Crippen molar-refractivity contribution in [3.8, 4) is 10.4 Å². The van der Waals surface area contributed by atoms with E-state index in [-0.39, 0.29) is 0 Å². The van der Waals surface area contributed by atoms with Crippen LogP contribution in [0.15, 0.2) is 48.5 Å². The van der Waals surface area contributed by atoms with Gasteiger partial charge in [-0.05, 0) is 23.7 Å². The molecular formula is C14H12N2S. The minimum atomic E-state index is 1.07. The molecule has 84 valence electrons. The molecule has 0 saturated heterocycles. The zero-order valence-electron chi connectivity index (χ0n) is 9.47. The molecule has 0 unspecified atom stereocenters. The van der Waals surface area contributed by atoms with Crippen LogP contribution in [0.4, 0.5) is 5.69 Å². The Morgan fingerprint density at radius 3 is 2.65 bits per heavy atom. The second kappa shape index (κ2) is 4.18. The first kappa shape index (κ1) is 10.3. The Labute approximate surface area is 104 Å². The van der Waals surface area contributed by atoms with Crippen molar-refractivity contribution >= 4 is 28.1 Å². The van der Waals surface area contributed by atoms with E-state index in [2.05, 4.69) is 46.1 Å². The van der Waals surface area contributed by atoms with Gasteiger partial charge in [0.15, 0.2) is 0 Å². The number of para-hydroxylation sites is 1. The van der Waals surface area contributed by atoms with Gasteiger partial charge in [0.2, 0.25) is 0 Å². The number of benzene rings is 2. The van der Waals surface area contributed by atoms with Crippen LogP contribution in [0.3, 0.4) is 0 Å². The lowest BCUT2D eigenvalue weighted by molar-refractivity contribution is 1.52. The van der Waals surface area contributed by atoms with E-state index < -0.39 is 0 Å². The molecule has 0 aliphatic carbocycles. The van der Waals surface area contributed by atoms with E-state index in [1.54, 1.807) is 11.5 Å². The maximum atomic E-state index is 4.48. The van der Waals surface area contributed by atoms with Crippen molar-refractivity contribution in [1.82, 2.24) is 4.37 Å². The third-order valence-corrected chi connectivity index (χ3v) is 3.74. The van der Waals surface area contributed by atoms with Crippen LogP contribution in [0.25, 0.3) is 21.3 Å². The fourth-order valence-electron chi connectivity index (χ4n) is 1.98. The molecule has 0 amide bonds. The standard InChI is InChI=1S/C14H12N2S/c1-15-12-8-4-2-6-10(12)14-11-7-3-5-9-13(11)16-17-14/h2-9,15H,1H3. The third-order valence-electron chi connectivity index (χ3n) is 2.82. The van der Waals surface area contributed by atoms with Crippen molar-refractivity contribution in [2.45, 2.75) is 0 Å². The topological polar surface area (TPSA) is 24.9 Å². The molecule has 2 nitrogen and oxygen atoms in total. The Morgan fingerprint density at radius 2 is 1.76 bits per heavy atom. The summed E-state index contributed by atoms with van der Waals surface area (Å²) >= 11 is 1.56. The first-order valence-electron chi connectivity index (χ1n) is 5.52. The summed E-state index contributed by atoms with van der Waals surface area (Å²) in [6.45, 7) is 0. The van der Waals surface area contributed by atoms with Gasteiger partial charge in [-0.1, -0.05) is 36.4 Å². The summed E-state index contributed by atoms with van der Waals surface area (Å²) in [7, 11) is 1.95. The van der Waals surface area contributed by atoms with E-state index in [0.29, 0.717) is 0 Å². The van der Waals surface area contributed by atoms with E-state index in [9.17, 15) is 0 Å². The number of aromatic nitrogens is 1. The maximum Gasteiger partial charge on any atom is 0.0847 e. The Kier molecular flexibility index (Phi) is 2.53. The van der Waals surface area contributed by atoms with Crippen molar-refractivity contribution in [3.63, 3.8) is 0 Å². The molecule has 1 heterocycles. The van der Waals surface area contributed by atoms with Crippen LogP contribution in [-0.2, 0) is 0 Å². The smallest absolute Gasteiger partial charge is 0.0847 e. The van der Waals surface area contributed by atoms with Crippen LogP contribution in [0.5, 0.6) is 0 Å². The van der Waals surface area contributed by atoms with Crippen molar-refractivity contribution in [3.05, 3.63) is 48.5 Å². The monoisotopic (exact) mass is 240 g/mol. The summed E-state index contributed by atoms with van der Waals surface area (Å²) in [4.78, 5) is 1.23. The fourth-order valence-corrected chi connectivity index (χ4v) is 2.88. The molecule has 0 aliphatic rings. The molecule has 0 atom stereocenters. The fraction of sp³-hybridized carbons (Fsp3) is 0.0714. The largest absolute Gasteiger partial charge is 0.388 e. The van der Waals surface area contributed by atoms with Gasteiger partial charge in [-0.3, -0.25) is 0 Å². The Morgan fingerprint density at radius 1 is 1.00 bits per heavy atom. The summed E-state index contributed by atoms with van der Waals surface area (Å²) in [5.74, 6) is 0. The van der Waals surface area contributed by atoms with Crippen molar-refractivity contribution in [2.24, 2.45) is 0 Å². The minimum Gasteiger partial charge on any atom is -0.388 e. The molecule has 0 bridgehead atoms. The van der Waals surface area contributed by atoms with Crippen LogP contribution in [0.1, 0.15) is 0 Å². The minimum absolute atomic E-state index is 1.07. The van der Waals surface area contributed by atoms with E-state index in [4.69, 9.17) is 0 Å². The molecule has 3 aromatic rings. The molecule has 1 aromatic heterocycles. The SMILES string of the molecule is CNc1ccccc1-c1snc2ccccc12. The number of rotatable bonds is 2. The Hall–Kier alpha value is -1.87. The Balaban J connectivity index is 2.27. The molecule has 3 heteroatoms. The maximum absolute atomic E-state index is 4.48. The average molecular weight is 240 g/mol. The van der Waals surface area contributed by atoms with Crippen molar-refractivity contribution < 1.29 is 0 Å². The third kappa shape index (κ3) is 1.68. The van der Waals surface area contributed by atoms with E-state index in [1.807, 2.05) is 19.2 Å². The zero-order valence-corrected chi connectivity index (χ0v) is 10.3. The summed E-state index contributed by atoms with van der Waals surface area (Å²) in [6.07, 6.45) is 0. The number of nitrogens with zero attached hydrogens (tertiary/aromatic N) is 1. The van der Waals surface area contributed by atoms with E-state index in [0.717, 1.165) is 11.2 Å². The van der Waals surface area contributed by atoms with Gasteiger partial charge in [-0.2, -0.15) is 4.37 Å². The summed E-state index contributed by atoms with van der Waals surface area (Å²) in [5.41, 5.74) is 3.43. The number of fused-ring (bicyclic) bond motifs is 1. The molecule has 17 heavy (non-hydrogen) atoms. The molecular weight excluding hydrogens is 228 g/mol. The van der Waals surface area contributed by atoms with Gasteiger partial charge in [0.25, 0.3) is 0 Å². The molecule has 2 aromatic carbocycles. The normalized spacial score (nSPS) is 10.6. The lowest BCUT2D eigenvalue weighted by atomic mass is 10.1. The van der Waals surface area contributed by atoms with E-state index >= 15 is 0 Å². The second-order valence-corrected chi connectivity index (χ2v) is 4.60. The highest BCUT2D eigenvalue weighted by Gasteiger charge is 2.10. The van der Waals surface area contributed by atoms with Gasteiger partial charge >= 0.3 is 0 Å². The van der Waals surface area contributed by atoms with Crippen molar-refractivity contribution in [1.29, 1.82) is 0 Å². The summed E-state index contributed by atoms with van der Waals surface area (Å²) in [6, 6.07) is 16.6. The number of nitrogens with one attached hydrogen (secondary N) is 1. The Bertz CT molecular complexity index is 658. The van der Waals surface area contributed by atoms with E-state index in [1.165, 1.54) is 15.8 Å². The molecule has 0 saturated carbocycles. The van der Waals surface area contributed by atoms with Crippen LogP contribution in [-0.4, -0.2) is 11.4 Å². The molecule has 1 N–H and O–H groups in total. The lowest BCUT2D eigenvalue weighted by Gasteiger charge is -2.06. The zero-order chi connectivity index (χ0) is 11.7. The molecule has 0 radical (unpaired) electrons. The first-order chi connectivity index (χ1) is 8.40. The van der Waals surface area contributed by atoms with Gasteiger partial charge in [-0.25, -0.2) is 0 Å². The predicted octanol–water partition coefficient (Wildman–Crippen LogP) is 4.01. The number of hydrogen-bond donors (Lipinski definition) is 1. The van der Waals surface area contributed by atoms with Crippen molar-refractivity contribution in [2.75, 3.05) is 12.4 Å². The summed E-state index contributed by atoms with van der Waals surface area (Å²) in [5, 5.41) is 4.45. The lowest BCUT2D eigenvalue weighted by Crippen LogP contribution is -1.90. The van der Waals surface area contributed by atoms with Crippen LogP contribution in [0, 0.1) is 0 Å². The van der Waals surface area contributed by atoms with Crippen LogP contribution >= 0.6 is 11.5 Å². The highest BCUT2D eigenvalue weighted by Crippen LogP contribution is 2.36. The van der Waals surface area contributed by atoms with Crippen LogP contribution < -0.4 is 5.32 Å². The van der Waals surface area contributed by atoms with Gasteiger partial charge in [0, 0.05) is 23.7 Å². The van der Waals surface area contributed by atoms with Crippen LogP contribution in [0.2, 0.25) is 0 Å². The predicted molar refractivity (Wildman–Crippen MR) is 74.6 cm³/mol. The molecule has 0 spiro atoms. The highest BCUT2D eigenvalue weighted by molar-refractivity contribution is 7.11. The first-order valence-corrected chi connectivity index (χ1v) is 6.29. The molecule has 3 rings (SSSR count). The molecule has 0 fully saturated rings. The van der Waals surface area contributed by atoms with Gasteiger partial charge in [0.05, 0.1) is 10.4 Å². The average Bonchev–Trinajstić information content (AvgIpc) is 2.82. The summed E-state index contributed by atoms with van der Waals surface area (Å²) < 4.78 is 4.48. The molecule has 0 aliphatic heterocycles. The van der Waals surface area contributed by atoms with Gasteiger partial charge in [0.1, 0.15) is 0 Å². The number of hydrogen-bond acceptors (Lipinski definition) is 3. The number of anilines is 1. The highest BCUT2D eigenvalue weighted by atomic mass is 32.1. The second-order valence-electron chi connectivity index (χ2n) is 3.82.